The third-order valence-corrected chi connectivity index (χ3v) is 6.46. The number of amides is 1. The molecule has 0 radical (unpaired) electrons. The van der Waals surface area contributed by atoms with Crippen LogP contribution in [0, 0.1) is 5.92 Å². The Kier molecular flexibility index (Phi) is 10.8. The smallest absolute Gasteiger partial charge is 0.412 e. The first-order valence-electron chi connectivity index (χ1n) is 12.9. The van der Waals surface area contributed by atoms with Crippen molar-refractivity contribution in [2.45, 2.75) is 103 Å². The lowest BCUT2D eigenvalue weighted by molar-refractivity contribution is -0.157. The molecule has 1 aliphatic heterocycles. The predicted octanol–water partition coefficient (Wildman–Crippen LogP) is 5.36. The van der Waals surface area contributed by atoms with Gasteiger partial charge in [0.1, 0.15) is 11.3 Å². The lowest BCUT2D eigenvalue weighted by atomic mass is 9.95. The Balaban J connectivity index is 1.87. The highest BCUT2D eigenvalue weighted by atomic mass is 16.6. The van der Waals surface area contributed by atoms with Gasteiger partial charge >= 0.3 is 18.0 Å². The summed E-state index contributed by atoms with van der Waals surface area (Å²) in [4.78, 5) is 37.4. The van der Waals surface area contributed by atoms with Crippen LogP contribution in [0.3, 0.4) is 0 Å². The zero-order valence-corrected chi connectivity index (χ0v) is 22.7. The summed E-state index contributed by atoms with van der Waals surface area (Å²) < 4.78 is 16.2. The minimum atomic E-state index is -1.13. The topological polar surface area (TPSA) is 102 Å². The molecule has 0 aromatic heterocycles. The standard InChI is InChI=1S/C28H43NO7/c1-27(2,3)36-26(33)29-22(19-35-28(29,4)5)18-21-16-13-12-15-20(21)14-10-8-7-9-11-17-23(24(30)31)25(32)34-6/h12-13,15-16,22-23H,7-11,14,17-19H2,1-6H3,(H,30,31). The van der Waals surface area contributed by atoms with Crippen LogP contribution in [-0.2, 0) is 36.6 Å². The molecule has 8 nitrogen and oxygen atoms in total. The zero-order chi connectivity index (χ0) is 26.9. The number of methoxy groups -OCH3 is 1. The van der Waals surface area contributed by atoms with Crippen molar-refractivity contribution in [1.29, 1.82) is 0 Å². The second kappa shape index (κ2) is 13.1. The number of hydrogen-bond acceptors (Lipinski definition) is 6. The van der Waals surface area contributed by atoms with Gasteiger partial charge in [0, 0.05) is 0 Å². The molecule has 8 heteroatoms. The number of ether oxygens (including phenoxy) is 3. The number of nitrogens with zero attached hydrogens (tertiary/aromatic N) is 1. The highest BCUT2D eigenvalue weighted by Gasteiger charge is 2.45. The first-order valence-corrected chi connectivity index (χ1v) is 12.9. The number of aryl methyl sites for hydroxylation is 1. The van der Waals surface area contributed by atoms with Crippen LogP contribution in [0.4, 0.5) is 4.79 Å². The second-order valence-electron chi connectivity index (χ2n) is 11.0. The van der Waals surface area contributed by atoms with Gasteiger partial charge in [0.25, 0.3) is 0 Å². The van der Waals surface area contributed by atoms with Gasteiger partial charge in [-0.15, -0.1) is 0 Å². The van der Waals surface area contributed by atoms with Crippen LogP contribution >= 0.6 is 0 Å². The highest BCUT2D eigenvalue weighted by Crippen LogP contribution is 2.32. The van der Waals surface area contributed by atoms with E-state index in [0.717, 1.165) is 32.1 Å². The van der Waals surface area contributed by atoms with E-state index < -0.39 is 29.2 Å². The van der Waals surface area contributed by atoms with Crippen molar-refractivity contribution in [3.63, 3.8) is 0 Å². The fourth-order valence-corrected chi connectivity index (χ4v) is 4.65. The maximum Gasteiger partial charge on any atom is 0.412 e. The number of benzene rings is 1. The van der Waals surface area contributed by atoms with Crippen LogP contribution < -0.4 is 0 Å². The SMILES string of the molecule is COC(=O)C(CCCCCCCc1ccccc1CC1COC(C)(C)N1C(=O)OC(C)(C)C)C(=O)O. The fourth-order valence-electron chi connectivity index (χ4n) is 4.65. The van der Waals surface area contributed by atoms with Crippen molar-refractivity contribution in [3.05, 3.63) is 35.4 Å². The summed E-state index contributed by atoms with van der Waals surface area (Å²) in [6, 6.07) is 8.22. The summed E-state index contributed by atoms with van der Waals surface area (Å²) in [5, 5.41) is 9.16. The van der Waals surface area contributed by atoms with Crippen molar-refractivity contribution in [2.24, 2.45) is 5.92 Å². The number of carbonyl (C=O) groups excluding carboxylic acids is 2. The van der Waals surface area contributed by atoms with Gasteiger partial charge in [0.15, 0.2) is 5.92 Å². The van der Waals surface area contributed by atoms with Crippen LogP contribution in [0.2, 0.25) is 0 Å². The van der Waals surface area contributed by atoms with Crippen LogP contribution in [0.25, 0.3) is 0 Å². The van der Waals surface area contributed by atoms with E-state index in [1.807, 2.05) is 46.8 Å². The van der Waals surface area contributed by atoms with E-state index in [0.29, 0.717) is 25.9 Å². The Bertz CT molecular complexity index is 890. The number of carbonyl (C=O) groups is 3. The average molecular weight is 506 g/mol. The van der Waals surface area contributed by atoms with Crippen LogP contribution in [-0.4, -0.2) is 59.1 Å². The Labute approximate surface area is 215 Å². The minimum absolute atomic E-state index is 0.104. The summed E-state index contributed by atoms with van der Waals surface area (Å²) >= 11 is 0. The van der Waals surface area contributed by atoms with Crippen LogP contribution in [0.1, 0.15) is 84.3 Å². The Morgan fingerprint density at radius 2 is 1.69 bits per heavy atom. The molecule has 1 aliphatic rings. The summed E-state index contributed by atoms with van der Waals surface area (Å²) in [6.45, 7) is 9.84. The van der Waals surface area contributed by atoms with Gasteiger partial charge < -0.3 is 19.3 Å². The zero-order valence-electron chi connectivity index (χ0n) is 22.7. The van der Waals surface area contributed by atoms with Crippen molar-refractivity contribution in [3.8, 4) is 0 Å². The van der Waals surface area contributed by atoms with E-state index in [2.05, 4.69) is 16.9 Å². The van der Waals surface area contributed by atoms with E-state index in [1.165, 1.54) is 18.2 Å². The van der Waals surface area contributed by atoms with Gasteiger partial charge in [0.05, 0.1) is 19.8 Å². The van der Waals surface area contributed by atoms with Gasteiger partial charge in [-0.1, -0.05) is 49.9 Å². The molecule has 1 aromatic carbocycles. The van der Waals surface area contributed by atoms with Crippen molar-refractivity contribution >= 4 is 18.0 Å². The molecule has 1 aromatic rings. The summed E-state index contributed by atoms with van der Waals surface area (Å²) in [6.07, 6.45) is 6.15. The third kappa shape index (κ3) is 8.80. The molecule has 1 saturated heterocycles. The number of unbranched alkanes of at least 4 members (excludes halogenated alkanes) is 4. The number of carboxylic acids is 1. The predicted molar refractivity (Wildman–Crippen MR) is 137 cm³/mol. The number of rotatable bonds is 12. The molecular formula is C28H43NO7. The summed E-state index contributed by atoms with van der Waals surface area (Å²) in [5.41, 5.74) is 1.17. The van der Waals surface area contributed by atoms with Gasteiger partial charge in [-0.3, -0.25) is 14.5 Å². The van der Waals surface area contributed by atoms with Crippen molar-refractivity contribution in [2.75, 3.05) is 13.7 Å². The number of esters is 1. The molecule has 2 unspecified atom stereocenters. The van der Waals surface area contributed by atoms with E-state index >= 15 is 0 Å². The quantitative estimate of drug-likeness (QED) is 0.232. The second-order valence-corrected chi connectivity index (χ2v) is 11.0. The number of carboxylic acid groups (broad SMARTS) is 1. The minimum Gasteiger partial charge on any atom is -0.481 e. The molecule has 0 spiro atoms. The summed E-state index contributed by atoms with van der Waals surface area (Å²) in [7, 11) is 1.21. The van der Waals surface area contributed by atoms with Gasteiger partial charge in [-0.25, -0.2) is 4.79 Å². The van der Waals surface area contributed by atoms with Gasteiger partial charge in [0.2, 0.25) is 0 Å². The maximum atomic E-state index is 13.0. The molecule has 2 rings (SSSR count). The third-order valence-electron chi connectivity index (χ3n) is 6.46. The van der Waals surface area contributed by atoms with E-state index in [9.17, 15) is 14.4 Å². The molecule has 1 heterocycles. The first kappa shape index (κ1) is 29.6. The molecule has 0 aliphatic carbocycles. The molecule has 1 N–H and O–H groups in total. The summed E-state index contributed by atoms with van der Waals surface area (Å²) in [5.74, 6) is -2.88. The van der Waals surface area contributed by atoms with Crippen molar-refractivity contribution < 1.29 is 33.7 Å². The molecule has 2 atom stereocenters. The molecular weight excluding hydrogens is 462 g/mol. The van der Waals surface area contributed by atoms with Crippen LogP contribution in [0.5, 0.6) is 0 Å². The van der Waals surface area contributed by atoms with Crippen LogP contribution in [0.15, 0.2) is 24.3 Å². The normalized spacial score (nSPS) is 18.1. The Morgan fingerprint density at radius 1 is 1.08 bits per heavy atom. The van der Waals surface area contributed by atoms with E-state index in [-0.39, 0.29) is 12.1 Å². The van der Waals surface area contributed by atoms with Crippen molar-refractivity contribution in [1.82, 2.24) is 4.90 Å². The van der Waals surface area contributed by atoms with E-state index in [4.69, 9.17) is 14.6 Å². The highest BCUT2D eigenvalue weighted by molar-refractivity contribution is 5.93. The molecule has 0 saturated carbocycles. The maximum absolute atomic E-state index is 13.0. The fraction of sp³-hybridized carbons (Fsp3) is 0.679. The Hall–Kier alpha value is -2.61. The van der Waals surface area contributed by atoms with Gasteiger partial charge in [-0.05, 0) is 71.4 Å². The monoisotopic (exact) mass is 505 g/mol. The number of aliphatic carboxylic acids is 1. The molecule has 202 valence electrons. The lowest BCUT2D eigenvalue weighted by Crippen LogP contribution is -2.50. The van der Waals surface area contributed by atoms with Gasteiger partial charge in [-0.2, -0.15) is 0 Å². The largest absolute Gasteiger partial charge is 0.481 e. The Morgan fingerprint density at radius 3 is 2.31 bits per heavy atom. The molecule has 1 fully saturated rings. The molecule has 0 bridgehead atoms. The van der Waals surface area contributed by atoms with E-state index in [1.54, 1.807) is 4.90 Å². The number of hydrogen-bond donors (Lipinski definition) is 1. The lowest BCUT2D eigenvalue weighted by Gasteiger charge is -2.35. The average Bonchev–Trinajstić information content (AvgIpc) is 3.08. The molecule has 36 heavy (non-hydrogen) atoms. The molecule has 1 amide bonds. The first-order chi connectivity index (χ1) is 16.9.